The van der Waals surface area contributed by atoms with E-state index in [0.717, 1.165) is 5.56 Å². The summed E-state index contributed by atoms with van der Waals surface area (Å²) in [7, 11) is 4.02. The van der Waals surface area contributed by atoms with Gasteiger partial charge in [-0.05, 0) is 23.8 Å². The Kier molecular flexibility index (Phi) is 8.32. The lowest BCUT2D eigenvalue weighted by Gasteiger charge is -2.38. The summed E-state index contributed by atoms with van der Waals surface area (Å²) >= 11 is 6.55. The fourth-order valence-corrected chi connectivity index (χ4v) is 5.91. The standard InChI is InChI=1S/C32H30ClNO9/c1-17-11-22(35)26(30(37)32(17)31(38)27-23(39-2)14-24(40-3)28(33)29(27)43-32)21(13-25(36)41-4)19-8-5-9-20(12-19)42-16-18-7-6-10-34-15-18/h5-10,12,14-15,17,21,37H,11,13,16H2,1-4H3. The number of hydrogen-bond acceptors (Lipinski definition) is 10. The second-order valence-electron chi connectivity index (χ2n) is 10.3. The number of hydrogen-bond donors (Lipinski definition) is 1. The molecule has 11 heteroatoms. The Bertz CT molecular complexity index is 1620. The van der Waals surface area contributed by atoms with Crippen LogP contribution in [0.4, 0.5) is 0 Å². The highest BCUT2D eigenvalue weighted by molar-refractivity contribution is 6.35. The smallest absolute Gasteiger partial charge is 0.306 e. The highest BCUT2D eigenvalue weighted by Gasteiger charge is 2.61. The number of benzene rings is 2. The van der Waals surface area contributed by atoms with Crippen LogP contribution in [0.1, 0.15) is 47.2 Å². The lowest BCUT2D eigenvalue weighted by Crippen LogP contribution is -2.53. The van der Waals surface area contributed by atoms with Gasteiger partial charge in [0, 0.05) is 47.9 Å². The molecule has 5 rings (SSSR count). The third-order valence-corrected chi connectivity index (χ3v) is 8.21. The van der Waals surface area contributed by atoms with Crippen molar-refractivity contribution in [3.63, 3.8) is 0 Å². The monoisotopic (exact) mass is 607 g/mol. The van der Waals surface area contributed by atoms with Crippen molar-refractivity contribution in [2.45, 2.75) is 37.9 Å². The molecule has 0 fully saturated rings. The Morgan fingerprint density at radius 2 is 1.91 bits per heavy atom. The highest BCUT2D eigenvalue weighted by atomic mass is 35.5. The van der Waals surface area contributed by atoms with Gasteiger partial charge in [-0.3, -0.25) is 19.4 Å². The van der Waals surface area contributed by atoms with Crippen LogP contribution in [0.15, 0.2) is 66.2 Å². The van der Waals surface area contributed by atoms with Gasteiger partial charge in [-0.1, -0.05) is 36.7 Å². The first-order valence-electron chi connectivity index (χ1n) is 13.5. The van der Waals surface area contributed by atoms with E-state index in [-0.39, 0.29) is 52.9 Å². The molecule has 2 aliphatic rings. The SMILES string of the molecule is COC(=O)CC(C1=C(O)C2(Oc3c(Cl)c(OC)cc(OC)c3C2=O)C(C)CC1=O)c1cccc(OCc2cccnc2)c1. The van der Waals surface area contributed by atoms with Crippen molar-refractivity contribution in [1.82, 2.24) is 4.98 Å². The van der Waals surface area contributed by atoms with Crippen molar-refractivity contribution in [1.29, 1.82) is 0 Å². The fraction of sp³-hybridized carbons (Fsp3) is 0.312. The molecule has 1 aromatic heterocycles. The largest absolute Gasteiger partial charge is 0.507 e. The molecule has 224 valence electrons. The number of aromatic nitrogens is 1. The van der Waals surface area contributed by atoms with Crippen LogP contribution in [-0.4, -0.2) is 54.6 Å². The molecule has 0 amide bonds. The molecule has 3 atom stereocenters. The number of carbonyl (C=O) groups excluding carboxylic acids is 3. The van der Waals surface area contributed by atoms with Gasteiger partial charge in [-0.15, -0.1) is 0 Å². The molecule has 43 heavy (non-hydrogen) atoms. The Hall–Kier alpha value is -4.57. The zero-order chi connectivity index (χ0) is 30.9. The Balaban J connectivity index is 1.62. The zero-order valence-electron chi connectivity index (χ0n) is 24.0. The second kappa shape index (κ2) is 12.0. The molecule has 1 aliphatic carbocycles. The second-order valence-corrected chi connectivity index (χ2v) is 10.7. The summed E-state index contributed by atoms with van der Waals surface area (Å²) in [5.41, 5.74) is -0.752. The van der Waals surface area contributed by atoms with Gasteiger partial charge in [-0.25, -0.2) is 0 Å². The number of carbonyl (C=O) groups is 3. The minimum absolute atomic E-state index is 0.0200. The number of methoxy groups -OCH3 is 3. The number of aliphatic hydroxyl groups excluding tert-OH is 1. The molecule has 0 bridgehead atoms. The van der Waals surface area contributed by atoms with Gasteiger partial charge in [0.1, 0.15) is 34.4 Å². The number of ketones is 2. The molecule has 3 unspecified atom stereocenters. The number of esters is 1. The third kappa shape index (κ3) is 5.16. The molecule has 0 saturated carbocycles. The van der Waals surface area contributed by atoms with E-state index in [1.165, 1.54) is 27.4 Å². The molecule has 10 nitrogen and oxygen atoms in total. The number of nitrogens with zero attached hydrogens (tertiary/aromatic N) is 1. The molecule has 2 heterocycles. The molecule has 3 aromatic rings. The van der Waals surface area contributed by atoms with E-state index in [1.54, 1.807) is 49.6 Å². The number of fused-ring (bicyclic) bond motifs is 1. The number of aliphatic hydroxyl groups is 1. The van der Waals surface area contributed by atoms with Crippen molar-refractivity contribution in [3.05, 3.63) is 87.9 Å². The number of allylic oxidation sites excluding steroid dienone is 1. The summed E-state index contributed by atoms with van der Waals surface area (Å²) in [5, 5.41) is 11.9. The van der Waals surface area contributed by atoms with Crippen LogP contribution < -0.4 is 18.9 Å². The van der Waals surface area contributed by atoms with Gasteiger partial charge in [0.05, 0.1) is 27.8 Å². The van der Waals surface area contributed by atoms with E-state index in [0.29, 0.717) is 11.3 Å². The molecular weight excluding hydrogens is 578 g/mol. The minimum atomic E-state index is -1.99. The van der Waals surface area contributed by atoms with E-state index in [9.17, 15) is 19.5 Å². The normalized spacial score (nSPS) is 20.0. The van der Waals surface area contributed by atoms with Crippen LogP contribution in [0.25, 0.3) is 0 Å². The maximum atomic E-state index is 14.2. The topological polar surface area (TPSA) is 130 Å². The van der Waals surface area contributed by atoms with Crippen LogP contribution in [0.5, 0.6) is 23.0 Å². The number of ether oxygens (including phenoxy) is 5. The van der Waals surface area contributed by atoms with Crippen molar-refractivity contribution in [3.8, 4) is 23.0 Å². The molecule has 0 saturated heterocycles. The van der Waals surface area contributed by atoms with Crippen LogP contribution in [-0.2, 0) is 20.9 Å². The molecule has 1 N–H and O–H groups in total. The third-order valence-electron chi connectivity index (χ3n) is 7.85. The summed E-state index contributed by atoms with van der Waals surface area (Å²) in [6.07, 6.45) is 2.90. The summed E-state index contributed by atoms with van der Waals surface area (Å²) < 4.78 is 27.9. The number of Topliss-reactive ketones (excluding diaryl/α,β-unsaturated/α-hetero) is 2. The van der Waals surface area contributed by atoms with Crippen LogP contribution in [0.2, 0.25) is 5.02 Å². The predicted octanol–water partition coefficient (Wildman–Crippen LogP) is 5.41. The van der Waals surface area contributed by atoms with E-state index in [1.807, 2.05) is 6.07 Å². The molecule has 2 aromatic carbocycles. The van der Waals surface area contributed by atoms with E-state index in [2.05, 4.69) is 4.98 Å². The van der Waals surface area contributed by atoms with Crippen molar-refractivity contribution < 1.29 is 43.2 Å². The average molecular weight is 608 g/mol. The number of halogens is 1. The van der Waals surface area contributed by atoms with Gasteiger partial charge in [0.25, 0.3) is 0 Å². The lowest BCUT2D eigenvalue weighted by atomic mass is 9.69. The van der Waals surface area contributed by atoms with E-state index in [4.69, 9.17) is 35.3 Å². The number of rotatable bonds is 9. The lowest BCUT2D eigenvalue weighted by molar-refractivity contribution is -0.140. The summed E-state index contributed by atoms with van der Waals surface area (Å²) in [6.45, 7) is 1.87. The van der Waals surface area contributed by atoms with Crippen molar-refractivity contribution in [2.24, 2.45) is 5.92 Å². The summed E-state index contributed by atoms with van der Waals surface area (Å²) in [5.74, 6) is -3.26. The molecule has 0 radical (unpaired) electrons. The van der Waals surface area contributed by atoms with Crippen molar-refractivity contribution in [2.75, 3.05) is 21.3 Å². The van der Waals surface area contributed by atoms with Gasteiger partial charge >= 0.3 is 5.97 Å². The van der Waals surface area contributed by atoms with Crippen LogP contribution in [0.3, 0.4) is 0 Å². The zero-order valence-corrected chi connectivity index (χ0v) is 24.8. The summed E-state index contributed by atoms with van der Waals surface area (Å²) in [6, 6.07) is 12.0. The van der Waals surface area contributed by atoms with Crippen molar-refractivity contribution >= 4 is 29.1 Å². The van der Waals surface area contributed by atoms with Gasteiger partial charge in [0.15, 0.2) is 17.3 Å². The Morgan fingerprint density at radius 1 is 1.14 bits per heavy atom. The minimum Gasteiger partial charge on any atom is -0.507 e. The quantitative estimate of drug-likeness (QED) is 0.315. The summed E-state index contributed by atoms with van der Waals surface area (Å²) in [4.78, 5) is 44.6. The maximum absolute atomic E-state index is 14.2. The first kappa shape index (κ1) is 29.9. The highest BCUT2D eigenvalue weighted by Crippen LogP contribution is 2.55. The molecule has 1 spiro atoms. The van der Waals surface area contributed by atoms with Crippen LogP contribution >= 0.6 is 11.6 Å². The number of pyridine rings is 1. The van der Waals surface area contributed by atoms with Gasteiger partial charge in [0.2, 0.25) is 11.4 Å². The predicted molar refractivity (Wildman–Crippen MR) is 155 cm³/mol. The Labute approximate surface area is 253 Å². The molecule has 1 aliphatic heterocycles. The average Bonchev–Trinajstić information content (AvgIpc) is 3.34. The first-order valence-corrected chi connectivity index (χ1v) is 13.9. The molecular formula is C32H30ClNO9. The first-order chi connectivity index (χ1) is 20.7. The maximum Gasteiger partial charge on any atom is 0.306 e. The van der Waals surface area contributed by atoms with Crippen LogP contribution in [0, 0.1) is 5.92 Å². The van der Waals surface area contributed by atoms with Gasteiger partial charge in [-0.2, -0.15) is 0 Å². The van der Waals surface area contributed by atoms with E-state index >= 15 is 0 Å². The Morgan fingerprint density at radius 3 is 2.58 bits per heavy atom. The van der Waals surface area contributed by atoms with Gasteiger partial charge < -0.3 is 28.8 Å². The fourth-order valence-electron chi connectivity index (χ4n) is 5.65. The van der Waals surface area contributed by atoms with E-state index < -0.39 is 40.7 Å².